The van der Waals surface area contributed by atoms with E-state index in [1.54, 1.807) is 0 Å². The van der Waals surface area contributed by atoms with Crippen LogP contribution >= 0.6 is 0 Å². The summed E-state index contributed by atoms with van der Waals surface area (Å²) in [6.07, 6.45) is 2.80. The monoisotopic (exact) mass is 230 g/mol. The molecule has 0 aliphatic heterocycles. The summed E-state index contributed by atoms with van der Waals surface area (Å²) in [5, 5.41) is 8.87. The number of aliphatic carboxylic acids is 1. The van der Waals surface area contributed by atoms with Crippen LogP contribution in [0, 0.1) is 23.2 Å². The van der Waals surface area contributed by atoms with Crippen LogP contribution in [0.3, 0.4) is 0 Å². The summed E-state index contributed by atoms with van der Waals surface area (Å²) in [5.74, 6) is -3.65. The number of alkyl halides is 2. The molecule has 2 nitrogen and oxygen atoms in total. The van der Waals surface area contributed by atoms with Gasteiger partial charge in [0.05, 0.1) is 6.42 Å². The van der Waals surface area contributed by atoms with Crippen molar-refractivity contribution in [1.29, 1.82) is 0 Å². The minimum Gasteiger partial charge on any atom is -0.481 e. The van der Waals surface area contributed by atoms with Crippen molar-refractivity contribution in [2.75, 3.05) is 0 Å². The number of hydrogen-bond donors (Lipinski definition) is 1. The zero-order valence-electron chi connectivity index (χ0n) is 9.09. The van der Waals surface area contributed by atoms with E-state index in [0.717, 1.165) is 6.42 Å². The van der Waals surface area contributed by atoms with E-state index in [9.17, 15) is 13.6 Å². The molecule has 0 amide bonds. The molecule has 0 aromatic rings. The Hall–Kier alpha value is -0.670. The second-order valence-electron chi connectivity index (χ2n) is 6.02. The van der Waals surface area contributed by atoms with Crippen molar-refractivity contribution in [3.63, 3.8) is 0 Å². The summed E-state index contributed by atoms with van der Waals surface area (Å²) in [6, 6.07) is 0. The summed E-state index contributed by atoms with van der Waals surface area (Å²) in [6.45, 7) is 0. The predicted octanol–water partition coefficient (Wildman–Crippen LogP) is 2.92. The van der Waals surface area contributed by atoms with Crippen LogP contribution < -0.4 is 0 Å². The molecule has 4 rings (SSSR count). The SMILES string of the molecule is O=C(O)CC12CC3CC(CC(C3)C1(F)F)C2. The van der Waals surface area contributed by atoms with Crippen molar-refractivity contribution < 1.29 is 18.7 Å². The molecular formula is C12H16F2O2. The average Bonchev–Trinajstić information content (AvgIpc) is 2.12. The Morgan fingerprint density at radius 2 is 1.75 bits per heavy atom. The van der Waals surface area contributed by atoms with Gasteiger partial charge in [-0.3, -0.25) is 4.79 Å². The molecule has 16 heavy (non-hydrogen) atoms. The normalized spacial score (nSPS) is 48.2. The molecule has 2 atom stereocenters. The van der Waals surface area contributed by atoms with Crippen molar-refractivity contribution in [1.82, 2.24) is 0 Å². The lowest BCUT2D eigenvalue weighted by Gasteiger charge is -2.60. The van der Waals surface area contributed by atoms with E-state index >= 15 is 0 Å². The van der Waals surface area contributed by atoms with Gasteiger partial charge in [-0.1, -0.05) is 0 Å². The van der Waals surface area contributed by atoms with E-state index in [4.69, 9.17) is 5.11 Å². The van der Waals surface area contributed by atoms with Gasteiger partial charge in [-0.15, -0.1) is 0 Å². The van der Waals surface area contributed by atoms with Crippen LogP contribution in [0.25, 0.3) is 0 Å². The number of halogens is 2. The van der Waals surface area contributed by atoms with Gasteiger partial charge in [-0.25, -0.2) is 8.78 Å². The Morgan fingerprint density at radius 3 is 2.25 bits per heavy atom. The molecule has 1 N–H and O–H groups in total. The Morgan fingerprint density at radius 1 is 1.19 bits per heavy atom. The minimum atomic E-state index is -2.75. The second kappa shape index (κ2) is 2.96. The highest BCUT2D eigenvalue weighted by molar-refractivity contribution is 5.68. The molecule has 4 saturated carbocycles. The standard InChI is InChI=1S/C12H16F2O2/c13-12(14)9-2-7-1-8(3-9)5-11(12,4-7)6-10(15)16/h7-9H,1-6H2,(H,15,16). The molecule has 0 saturated heterocycles. The van der Waals surface area contributed by atoms with Gasteiger partial charge in [0.15, 0.2) is 0 Å². The van der Waals surface area contributed by atoms with E-state index in [1.165, 1.54) is 0 Å². The van der Waals surface area contributed by atoms with Crippen LogP contribution in [0.1, 0.15) is 38.5 Å². The summed E-state index contributed by atoms with van der Waals surface area (Å²) in [5.41, 5.74) is -1.21. The lowest BCUT2D eigenvalue weighted by atomic mass is 9.47. The Balaban J connectivity index is 1.98. The van der Waals surface area contributed by atoms with Crippen molar-refractivity contribution >= 4 is 5.97 Å². The summed E-state index contributed by atoms with van der Waals surface area (Å²) < 4.78 is 28.5. The Bertz CT molecular complexity index is 326. The summed E-state index contributed by atoms with van der Waals surface area (Å²) >= 11 is 0. The lowest BCUT2D eigenvalue weighted by Crippen LogP contribution is -2.60. The molecule has 0 aromatic heterocycles. The second-order valence-corrected chi connectivity index (χ2v) is 6.02. The largest absolute Gasteiger partial charge is 0.481 e. The van der Waals surface area contributed by atoms with Crippen LogP contribution in [0.15, 0.2) is 0 Å². The number of hydrogen-bond acceptors (Lipinski definition) is 1. The van der Waals surface area contributed by atoms with E-state index in [2.05, 4.69) is 0 Å². The van der Waals surface area contributed by atoms with Gasteiger partial charge in [0.2, 0.25) is 0 Å². The third-order valence-electron chi connectivity index (χ3n) is 4.97. The third-order valence-corrected chi connectivity index (χ3v) is 4.97. The molecule has 2 unspecified atom stereocenters. The van der Waals surface area contributed by atoms with Gasteiger partial charge in [-0.05, 0) is 43.9 Å². The molecule has 4 aliphatic rings. The molecule has 4 fully saturated rings. The van der Waals surface area contributed by atoms with Crippen LogP contribution in [0.4, 0.5) is 8.78 Å². The number of rotatable bonds is 2. The van der Waals surface area contributed by atoms with Gasteiger partial charge in [0.25, 0.3) is 5.92 Å². The maximum atomic E-state index is 14.3. The quantitative estimate of drug-likeness (QED) is 0.792. The highest BCUT2D eigenvalue weighted by atomic mass is 19.3. The first-order valence-electron chi connectivity index (χ1n) is 6.02. The molecule has 4 aliphatic carbocycles. The van der Waals surface area contributed by atoms with Gasteiger partial charge in [0, 0.05) is 11.3 Å². The molecule has 4 heteroatoms. The van der Waals surface area contributed by atoms with E-state index < -0.39 is 23.2 Å². The van der Waals surface area contributed by atoms with Gasteiger partial charge >= 0.3 is 5.97 Å². The van der Waals surface area contributed by atoms with Crippen LogP contribution in [-0.4, -0.2) is 17.0 Å². The van der Waals surface area contributed by atoms with Crippen LogP contribution in [0.5, 0.6) is 0 Å². The molecular weight excluding hydrogens is 214 g/mol. The predicted molar refractivity (Wildman–Crippen MR) is 53.2 cm³/mol. The molecule has 0 spiro atoms. The lowest BCUT2D eigenvalue weighted by molar-refractivity contribution is -0.258. The fourth-order valence-corrected chi connectivity index (χ4v) is 4.64. The maximum Gasteiger partial charge on any atom is 0.304 e. The summed E-state index contributed by atoms with van der Waals surface area (Å²) in [4.78, 5) is 10.8. The zero-order chi connectivity index (χ0) is 11.6. The first-order chi connectivity index (χ1) is 7.43. The number of carbonyl (C=O) groups is 1. The first kappa shape index (κ1) is 10.5. The maximum absolute atomic E-state index is 14.3. The smallest absolute Gasteiger partial charge is 0.304 e. The van der Waals surface area contributed by atoms with Crippen molar-refractivity contribution in [2.45, 2.75) is 44.4 Å². The van der Waals surface area contributed by atoms with Gasteiger partial charge in [-0.2, -0.15) is 0 Å². The molecule has 0 radical (unpaired) electrons. The van der Waals surface area contributed by atoms with Gasteiger partial charge in [0.1, 0.15) is 0 Å². The molecule has 90 valence electrons. The van der Waals surface area contributed by atoms with E-state index in [-0.39, 0.29) is 6.42 Å². The van der Waals surface area contributed by atoms with E-state index in [1.807, 2.05) is 0 Å². The van der Waals surface area contributed by atoms with Crippen molar-refractivity contribution in [3.05, 3.63) is 0 Å². The highest BCUT2D eigenvalue weighted by Crippen LogP contribution is 2.67. The van der Waals surface area contributed by atoms with Crippen LogP contribution in [0.2, 0.25) is 0 Å². The molecule has 0 aromatic carbocycles. The first-order valence-corrected chi connectivity index (χ1v) is 6.02. The highest BCUT2D eigenvalue weighted by Gasteiger charge is 2.67. The number of carboxylic acid groups (broad SMARTS) is 1. The van der Waals surface area contributed by atoms with Crippen LogP contribution in [-0.2, 0) is 4.79 Å². The average molecular weight is 230 g/mol. The van der Waals surface area contributed by atoms with Crippen molar-refractivity contribution in [3.8, 4) is 0 Å². The van der Waals surface area contributed by atoms with E-state index in [0.29, 0.717) is 37.5 Å². The Labute approximate surface area is 93.0 Å². The minimum absolute atomic E-state index is 0.344. The number of carboxylic acids is 1. The third kappa shape index (κ3) is 1.19. The molecule has 0 heterocycles. The van der Waals surface area contributed by atoms with Crippen molar-refractivity contribution in [2.24, 2.45) is 23.2 Å². The Kier molecular flexibility index (Phi) is 1.94. The fraction of sp³-hybridized carbons (Fsp3) is 0.917. The van der Waals surface area contributed by atoms with Gasteiger partial charge < -0.3 is 5.11 Å². The fourth-order valence-electron chi connectivity index (χ4n) is 4.64. The zero-order valence-corrected chi connectivity index (χ0v) is 9.09. The topological polar surface area (TPSA) is 37.3 Å². The molecule has 4 bridgehead atoms. The summed E-state index contributed by atoms with van der Waals surface area (Å²) in [7, 11) is 0.